The molecule has 0 bridgehead atoms. The fraction of sp³-hybridized carbons (Fsp3) is 0.182. The van der Waals surface area contributed by atoms with Crippen molar-refractivity contribution in [3.63, 3.8) is 0 Å². The van der Waals surface area contributed by atoms with E-state index in [0.29, 0.717) is 12.8 Å². The van der Waals surface area contributed by atoms with Gasteiger partial charge in [-0.15, -0.1) is 0 Å². The molecular weight excluding hydrogens is 388 g/mol. The van der Waals surface area contributed by atoms with Crippen LogP contribution in [0.25, 0.3) is 0 Å². The summed E-state index contributed by atoms with van der Waals surface area (Å²) >= 11 is 0. The number of carboxylic acids is 1. The summed E-state index contributed by atoms with van der Waals surface area (Å²) in [4.78, 5) is 15.0. The molecule has 1 aromatic heterocycles. The second-order valence-electron chi connectivity index (χ2n) is 6.64. The first-order valence-corrected chi connectivity index (χ1v) is 10.7. The lowest BCUT2D eigenvalue weighted by Gasteiger charge is -2.20. The molecule has 0 aliphatic heterocycles. The van der Waals surface area contributed by atoms with Gasteiger partial charge in [-0.3, -0.25) is 9.78 Å². The zero-order valence-electron chi connectivity index (χ0n) is 15.7. The number of carbonyl (C=O) groups is 1. The van der Waals surface area contributed by atoms with Crippen LogP contribution in [0.1, 0.15) is 35.6 Å². The Hall–Kier alpha value is -3.03. The van der Waals surface area contributed by atoms with Gasteiger partial charge < -0.3 is 5.11 Å². The number of nitrogens with zero attached hydrogens (tertiary/aromatic N) is 1. The highest BCUT2D eigenvalue weighted by Gasteiger charge is 2.23. The molecule has 2 aromatic carbocycles. The summed E-state index contributed by atoms with van der Waals surface area (Å²) in [6.07, 6.45) is 4.61. The Bertz CT molecular complexity index is 1040. The largest absolute Gasteiger partial charge is 0.481 e. The van der Waals surface area contributed by atoms with Gasteiger partial charge in [0.2, 0.25) is 10.0 Å². The Morgan fingerprint density at radius 2 is 1.69 bits per heavy atom. The number of pyridine rings is 1. The van der Waals surface area contributed by atoms with Gasteiger partial charge in [-0.2, -0.15) is 4.72 Å². The normalized spacial score (nSPS) is 12.4. The van der Waals surface area contributed by atoms with E-state index in [1.165, 1.54) is 0 Å². The molecule has 0 saturated heterocycles. The van der Waals surface area contributed by atoms with Crippen molar-refractivity contribution in [1.82, 2.24) is 9.71 Å². The molecule has 1 unspecified atom stereocenters. The summed E-state index contributed by atoms with van der Waals surface area (Å²) in [5.74, 6) is -0.811. The number of aryl methyl sites for hydroxylation is 1. The van der Waals surface area contributed by atoms with E-state index in [4.69, 9.17) is 5.11 Å². The van der Waals surface area contributed by atoms with Crippen molar-refractivity contribution in [3.05, 3.63) is 95.8 Å². The minimum Gasteiger partial charge on any atom is -0.481 e. The smallest absolute Gasteiger partial charge is 0.303 e. The molecule has 0 fully saturated rings. The number of rotatable bonds is 9. The topological polar surface area (TPSA) is 96.4 Å². The molecule has 1 heterocycles. The van der Waals surface area contributed by atoms with E-state index in [1.54, 1.807) is 48.8 Å². The van der Waals surface area contributed by atoms with E-state index in [1.807, 2.05) is 30.3 Å². The number of carboxylic acid groups (broad SMARTS) is 1. The van der Waals surface area contributed by atoms with Crippen molar-refractivity contribution >= 4 is 16.0 Å². The Morgan fingerprint density at radius 3 is 2.31 bits per heavy atom. The molecule has 3 aromatic rings. The minimum atomic E-state index is -3.73. The molecule has 3 rings (SSSR count). The van der Waals surface area contributed by atoms with Crippen LogP contribution in [0.3, 0.4) is 0 Å². The molecule has 0 aliphatic carbocycles. The van der Waals surface area contributed by atoms with Crippen molar-refractivity contribution in [2.45, 2.75) is 30.2 Å². The van der Waals surface area contributed by atoms with Crippen LogP contribution in [0.15, 0.2) is 84.0 Å². The third-order valence-corrected chi connectivity index (χ3v) is 5.95. The Labute approximate surface area is 170 Å². The molecule has 0 aliphatic rings. The second kappa shape index (κ2) is 9.45. The first kappa shape index (κ1) is 20.7. The number of sulfonamides is 1. The van der Waals surface area contributed by atoms with Crippen molar-refractivity contribution < 1.29 is 18.3 Å². The summed E-state index contributed by atoms with van der Waals surface area (Å²) in [7, 11) is -3.73. The van der Waals surface area contributed by atoms with E-state index in [-0.39, 0.29) is 11.3 Å². The summed E-state index contributed by atoms with van der Waals surface area (Å²) in [5, 5.41) is 8.77. The first-order chi connectivity index (χ1) is 14.0. The zero-order valence-corrected chi connectivity index (χ0v) is 16.5. The average Bonchev–Trinajstić information content (AvgIpc) is 2.74. The van der Waals surface area contributed by atoms with Crippen LogP contribution in [0, 0.1) is 0 Å². The van der Waals surface area contributed by atoms with Crippen LogP contribution in [0.4, 0.5) is 0 Å². The van der Waals surface area contributed by atoms with Crippen LogP contribution in [-0.2, 0) is 21.2 Å². The van der Waals surface area contributed by atoms with E-state index >= 15 is 0 Å². The third kappa shape index (κ3) is 5.73. The van der Waals surface area contributed by atoms with Gasteiger partial charge >= 0.3 is 5.97 Å². The standard InChI is InChI=1S/C22H22N2O4S/c25-21(26)10-4-6-17-11-13-18(14-12-17)22(19-7-5-15-23-16-19)24-29(27,28)20-8-2-1-3-9-20/h1-3,5,7-9,11-16,22,24H,4,6,10H2,(H,25,26). The molecule has 0 radical (unpaired) electrons. The van der Waals surface area contributed by atoms with Gasteiger partial charge in [-0.05, 0) is 47.7 Å². The predicted molar refractivity (Wildman–Crippen MR) is 110 cm³/mol. The zero-order chi connectivity index (χ0) is 20.7. The minimum absolute atomic E-state index is 0.122. The summed E-state index contributed by atoms with van der Waals surface area (Å²) in [6, 6.07) is 18.7. The molecule has 7 heteroatoms. The van der Waals surface area contributed by atoms with Gasteiger partial charge in [0.1, 0.15) is 0 Å². The SMILES string of the molecule is O=C(O)CCCc1ccc(C(NS(=O)(=O)c2ccccc2)c2cccnc2)cc1. The maximum Gasteiger partial charge on any atom is 0.303 e. The quantitative estimate of drug-likeness (QED) is 0.562. The van der Waals surface area contributed by atoms with Crippen molar-refractivity contribution in [2.24, 2.45) is 0 Å². The van der Waals surface area contributed by atoms with E-state index in [2.05, 4.69) is 9.71 Å². The lowest BCUT2D eigenvalue weighted by molar-refractivity contribution is -0.137. The van der Waals surface area contributed by atoms with Gasteiger partial charge in [0.05, 0.1) is 10.9 Å². The van der Waals surface area contributed by atoms with Gasteiger partial charge in [0.25, 0.3) is 0 Å². The maximum absolute atomic E-state index is 12.9. The first-order valence-electron chi connectivity index (χ1n) is 9.23. The highest BCUT2D eigenvalue weighted by molar-refractivity contribution is 7.89. The number of hydrogen-bond donors (Lipinski definition) is 2. The van der Waals surface area contributed by atoms with E-state index < -0.39 is 22.0 Å². The molecule has 0 saturated carbocycles. The van der Waals surface area contributed by atoms with Crippen LogP contribution in [-0.4, -0.2) is 24.5 Å². The van der Waals surface area contributed by atoms with Crippen molar-refractivity contribution in [3.8, 4) is 0 Å². The van der Waals surface area contributed by atoms with Crippen LogP contribution >= 0.6 is 0 Å². The van der Waals surface area contributed by atoms with Crippen molar-refractivity contribution in [1.29, 1.82) is 0 Å². The maximum atomic E-state index is 12.9. The van der Waals surface area contributed by atoms with Crippen LogP contribution < -0.4 is 4.72 Å². The molecule has 29 heavy (non-hydrogen) atoms. The molecule has 150 valence electrons. The number of benzene rings is 2. The molecule has 2 N–H and O–H groups in total. The van der Waals surface area contributed by atoms with Gasteiger partial charge in [-0.25, -0.2) is 8.42 Å². The summed E-state index contributed by atoms with van der Waals surface area (Å²) in [6.45, 7) is 0. The Balaban J connectivity index is 1.86. The highest BCUT2D eigenvalue weighted by atomic mass is 32.2. The Kier molecular flexibility index (Phi) is 6.74. The van der Waals surface area contributed by atoms with Gasteiger partial charge in [-0.1, -0.05) is 48.5 Å². The van der Waals surface area contributed by atoms with Crippen LogP contribution in [0.5, 0.6) is 0 Å². The number of aromatic nitrogens is 1. The fourth-order valence-corrected chi connectivity index (χ4v) is 4.25. The molecular formula is C22H22N2O4S. The summed E-state index contributed by atoms with van der Waals surface area (Å²) < 4.78 is 28.5. The van der Waals surface area contributed by atoms with E-state index in [0.717, 1.165) is 16.7 Å². The molecule has 1 atom stereocenters. The highest BCUT2D eigenvalue weighted by Crippen LogP contribution is 2.25. The van der Waals surface area contributed by atoms with Crippen molar-refractivity contribution in [2.75, 3.05) is 0 Å². The second-order valence-corrected chi connectivity index (χ2v) is 8.36. The summed E-state index contributed by atoms with van der Waals surface area (Å²) in [5.41, 5.74) is 2.51. The Morgan fingerprint density at radius 1 is 0.966 bits per heavy atom. The van der Waals surface area contributed by atoms with Crippen LogP contribution in [0.2, 0.25) is 0 Å². The average molecular weight is 410 g/mol. The molecule has 6 nitrogen and oxygen atoms in total. The molecule has 0 spiro atoms. The van der Waals surface area contributed by atoms with Gasteiger partial charge in [0.15, 0.2) is 0 Å². The third-order valence-electron chi connectivity index (χ3n) is 4.51. The molecule has 0 amide bonds. The number of hydrogen-bond acceptors (Lipinski definition) is 4. The number of aliphatic carboxylic acids is 1. The predicted octanol–water partition coefficient (Wildman–Crippen LogP) is 3.56. The lowest BCUT2D eigenvalue weighted by atomic mass is 9.98. The van der Waals surface area contributed by atoms with Gasteiger partial charge in [0, 0.05) is 18.8 Å². The number of nitrogens with one attached hydrogen (secondary N) is 1. The monoisotopic (exact) mass is 410 g/mol. The van der Waals surface area contributed by atoms with E-state index in [9.17, 15) is 13.2 Å². The lowest BCUT2D eigenvalue weighted by Crippen LogP contribution is -2.29. The fourth-order valence-electron chi connectivity index (χ4n) is 3.02.